The van der Waals surface area contributed by atoms with Gasteiger partial charge in [0.1, 0.15) is 48.8 Å². The summed E-state index contributed by atoms with van der Waals surface area (Å²) < 4.78 is 28.0. The van der Waals surface area contributed by atoms with Crippen LogP contribution >= 0.6 is 0 Å². The van der Waals surface area contributed by atoms with Crippen molar-refractivity contribution >= 4 is 29.8 Å². The summed E-state index contributed by atoms with van der Waals surface area (Å²) in [6.45, 7) is 4.96. The highest BCUT2D eigenvalue weighted by atomic mass is 16.8. The van der Waals surface area contributed by atoms with Crippen LogP contribution in [0.3, 0.4) is 0 Å². The summed E-state index contributed by atoms with van der Waals surface area (Å²) >= 11 is 0. The fourth-order valence-electron chi connectivity index (χ4n) is 6.73. The molecule has 7 atom stereocenters. The standard InChI is InChI=1S/C33H45N3O12/c1-32(2,3)47-25(40)9-8-22(18-38)35-24(39)10-12-34-31(42)33-16-23-26-27(45-19-44-26)29(33)48-36(28(33)30(41)46-23)17-21-7-5-4-6-20(21)11-14-43-15-13-37/h4-7,11,14,22-23,26-29,37-38H,8-10,12-13,15-19H2,1-3H3,(H,34,42)(H,35,39). The van der Waals surface area contributed by atoms with Crippen LogP contribution in [0.2, 0.25) is 0 Å². The van der Waals surface area contributed by atoms with Crippen LogP contribution in [0.4, 0.5) is 0 Å². The molecule has 0 aromatic heterocycles. The molecule has 4 aliphatic rings. The molecule has 2 amide bonds. The molecule has 0 spiro atoms. The molecule has 5 rings (SSSR count). The second-order valence-electron chi connectivity index (χ2n) is 13.3. The Kier molecular flexibility index (Phi) is 11.4. The Balaban J connectivity index is 1.26. The van der Waals surface area contributed by atoms with Gasteiger partial charge in [-0.3, -0.25) is 24.0 Å². The van der Waals surface area contributed by atoms with Crippen molar-refractivity contribution in [3.05, 3.63) is 41.7 Å². The molecule has 0 radical (unpaired) electrons. The third-order valence-corrected chi connectivity index (χ3v) is 8.77. The fraction of sp³-hybridized carbons (Fsp3) is 0.636. The highest BCUT2D eigenvalue weighted by molar-refractivity contribution is 5.94. The number of nitrogens with one attached hydrogen (secondary N) is 2. The number of hydrogen-bond acceptors (Lipinski definition) is 13. The first kappa shape index (κ1) is 35.7. The van der Waals surface area contributed by atoms with Gasteiger partial charge in [0.05, 0.1) is 32.1 Å². The zero-order chi connectivity index (χ0) is 34.5. The second-order valence-corrected chi connectivity index (χ2v) is 13.3. The van der Waals surface area contributed by atoms with E-state index in [1.54, 1.807) is 26.8 Å². The number of esters is 2. The number of amides is 2. The number of hydroxylamine groups is 2. The minimum atomic E-state index is -1.39. The number of fused-ring (bicyclic) bond motifs is 4. The van der Waals surface area contributed by atoms with Gasteiger partial charge < -0.3 is 44.5 Å². The zero-order valence-electron chi connectivity index (χ0n) is 27.4. The van der Waals surface area contributed by atoms with Crippen molar-refractivity contribution in [2.24, 2.45) is 5.41 Å². The lowest BCUT2D eigenvalue weighted by Gasteiger charge is -2.48. The van der Waals surface area contributed by atoms with Crippen molar-refractivity contribution in [2.75, 3.05) is 33.2 Å². The zero-order valence-corrected chi connectivity index (χ0v) is 27.4. The minimum absolute atomic E-state index is 0.0186. The fourth-order valence-corrected chi connectivity index (χ4v) is 6.73. The molecule has 1 aliphatic carbocycles. The van der Waals surface area contributed by atoms with E-state index in [1.165, 1.54) is 11.3 Å². The van der Waals surface area contributed by atoms with Crippen LogP contribution < -0.4 is 10.6 Å². The van der Waals surface area contributed by atoms with Crippen molar-refractivity contribution in [3.8, 4) is 0 Å². The molecule has 1 saturated carbocycles. The molecule has 4 N–H and O–H groups in total. The summed E-state index contributed by atoms with van der Waals surface area (Å²) in [6, 6.07) is 5.65. The molecular weight excluding hydrogens is 630 g/mol. The van der Waals surface area contributed by atoms with Gasteiger partial charge in [-0.1, -0.05) is 24.3 Å². The van der Waals surface area contributed by atoms with Crippen molar-refractivity contribution in [1.29, 1.82) is 0 Å². The normalized spacial score (nSPS) is 28.4. The molecule has 264 valence electrons. The largest absolute Gasteiger partial charge is 0.499 e. The first-order valence-electron chi connectivity index (χ1n) is 16.2. The maximum absolute atomic E-state index is 14.2. The van der Waals surface area contributed by atoms with E-state index in [9.17, 15) is 24.3 Å². The summed E-state index contributed by atoms with van der Waals surface area (Å²) in [5.74, 6) is -1.96. The Labute approximate surface area is 278 Å². The summed E-state index contributed by atoms with van der Waals surface area (Å²) in [5, 5.41) is 25.7. The highest BCUT2D eigenvalue weighted by Gasteiger charge is 2.74. The number of hydrogen-bond donors (Lipinski definition) is 4. The lowest BCUT2D eigenvalue weighted by Crippen LogP contribution is -2.69. The van der Waals surface area contributed by atoms with E-state index in [0.29, 0.717) is 0 Å². The van der Waals surface area contributed by atoms with E-state index in [1.807, 2.05) is 24.3 Å². The number of aliphatic hydroxyl groups excluding tert-OH is 2. The van der Waals surface area contributed by atoms with Gasteiger partial charge in [-0.2, -0.15) is 5.06 Å². The Bertz CT molecular complexity index is 1370. The molecule has 3 saturated heterocycles. The maximum Gasteiger partial charge on any atom is 0.327 e. The molecule has 1 aromatic rings. The van der Waals surface area contributed by atoms with Gasteiger partial charge in [0, 0.05) is 25.8 Å². The van der Waals surface area contributed by atoms with Crippen molar-refractivity contribution in [3.63, 3.8) is 0 Å². The van der Waals surface area contributed by atoms with Crippen LogP contribution in [-0.2, 0) is 54.2 Å². The van der Waals surface area contributed by atoms with E-state index in [-0.39, 0.29) is 65.4 Å². The van der Waals surface area contributed by atoms with Gasteiger partial charge in [0.2, 0.25) is 11.8 Å². The summed E-state index contributed by atoms with van der Waals surface area (Å²) in [6.07, 6.45) is 0.596. The second kappa shape index (κ2) is 15.3. The monoisotopic (exact) mass is 675 g/mol. The molecule has 3 aliphatic heterocycles. The number of aliphatic hydroxyl groups is 2. The molecule has 1 aromatic carbocycles. The van der Waals surface area contributed by atoms with E-state index >= 15 is 0 Å². The van der Waals surface area contributed by atoms with Crippen LogP contribution in [0.15, 0.2) is 30.5 Å². The molecule has 48 heavy (non-hydrogen) atoms. The minimum Gasteiger partial charge on any atom is -0.499 e. The molecular formula is C33H45N3O12. The van der Waals surface area contributed by atoms with Gasteiger partial charge in [-0.05, 0) is 44.4 Å². The first-order chi connectivity index (χ1) is 23.0. The van der Waals surface area contributed by atoms with Crippen LogP contribution in [0.5, 0.6) is 0 Å². The topological polar surface area (TPSA) is 191 Å². The van der Waals surface area contributed by atoms with Gasteiger partial charge in [-0.25, -0.2) is 0 Å². The van der Waals surface area contributed by atoms with Crippen LogP contribution in [0, 0.1) is 5.41 Å². The van der Waals surface area contributed by atoms with Gasteiger partial charge >= 0.3 is 11.9 Å². The van der Waals surface area contributed by atoms with Gasteiger partial charge in [0.25, 0.3) is 0 Å². The number of rotatable bonds is 15. The van der Waals surface area contributed by atoms with E-state index in [2.05, 4.69) is 10.6 Å². The number of ether oxygens (including phenoxy) is 5. The van der Waals surface area contributed by atoms with Crippen molar-refractivity contribution in [1.82, 2.24) is 15.7 Å². The summed E-state index contributed by atoms with van der Waals surface area (Å²) in [7, 11) is 0. The lowest BCUT2D eigenvalue weighted by molar-refractivity contribution is -0.201. The number of benzene rings is 1. The number of nitrogens with zero attached hydrogens (tertiary/aromatic N) is 1. The Morgan fingerprint density at radius 1 is 1.15 bits per heavy atom. The SMILES string of the molecule is CC(C)(C)OC(=O)CCC(CO)NC(=O)CCNC(=O)C12CC3OC(=O)C1N(Cc1ccccc1C=COCCO)OC2C1OCOC31. The molecule has 7 unspecified atom stereocenters. The predicted molar refractivity (Wildman–Crippen MR) is 166 cm³/mol. The first-order valence-corrected chi connectivity index (χ1v) is 16.2. The quantitative estimate of drug-likeness (QED) is 0.113. The van der Waals surface area contributed by atoms with Crippen LogP contribution in [0.25, 0.3) is 6.08 Å². The third kappa shape index (κ3) is 7.82. The molecule has 3 heterocycles. The van der Waals surface area contributed by atoms with E-state index in [4.69, 9.17) is 33.6 Å². The Morgan fingerprint density at radius 3 is 2.67 bits per heavy atom. The molecule has 15 heteroatoms. The van der Waals surface area contributed by atoms with Crippen LogP contribution in [0.1, 0.15) is 57.6 Å². The lowest BCUT2D eigenvalue weighted by atomic mass is 9.62. The van der Waals surface area contributed by atoms with Crippen LogP contribution in [-0.4, -0.2) is 114 Å². The van der Waals surface area contributed by atoms with E-state index in [0.717, 1.165) is 11.1 Å². The average molecular weight is 676 g/mol. The number of carbonyl (C=O) groups is 4. The molecule has 2 bridgehead atoms. The average Bonchev–Trinajstić information content (AvgIpc) is 3.66. The Hall–Kier alpha value is -3.60. The van der Waals surface area contributed by atoms with Gasteiger partial charge in [0.15, 0.2) is 6.04 Å². The van der Waals surface area contributed by atoms with Crippen molar-refractivity contribution < 1.29 is 57.9 Å². The Morgan fingerprint density at radius 2 is 1.92 bits per heavy atom. The predicted octanol–water partition coefficient (Wildman–Crippen LogP) is 0.313. The maximum atomic E-state index is 14.2. The third-order valence-electron chi connectivity index (χ3n) is 8.77. The highest BCUT2D eigenvalue weighted by Crippen LogP contribution is 2.55. The summed E-state index contributed by atoms with van der Waals surface area (Å²) in [4.78, 5) is 59.0. The van der Waals surface area contributed by atoms with Crippen molar-refractivity contribution in [2.45, 2.75) is 95.1 Å². The number of carbonyl (C=O) groups excluding carboxylic acids is 4. The van der Waals surface area contributed by atoms with Gasteiger partial charge in [-0.15, -0.1) is 0 Å². The smallest absolute Gasteiger partial charge is 0.327 e. The molecule has 15 nitrogen and oxygen atoms in total. The summed E-state index contributed by atoms with van der Waals surface area (Å²) in [5.41, 5.74) is -0.461. The van der Waals surface area contributed by atoms with E-state index < -0.39 is 71.3 Å². The molecule has 4 fully saturated rings.